The summed E-state index contributed by atoms with van der Waals surface area (Å²) < 4.78 is 11.2. The fourth-order valence-electron chi connectivity index (χ4n) is 2.79. The lowest BCUT2D eigenvalue weighted by atomic mass is 10.1. The van der Waals surface area contributed by atoms with Crippen LogP contribution < -0.4 is 20.9 Å². The third kappa shape index (κ3) is 6.17. The van der Waals surface area contributed by atoms with Crippen molar-refractivity contribution in [2.75, 3.05) is 25.7 Å². The molecule has 0 aliphatic heterocycles. The fraction of sp³-hybridized carbons (Fsp3) is 0.154. The van der Waals surface area contributed by atoms with E-state index in [0.717, 1.165) is 45.1 Å². The SMILES string of the molecule is CC.COc1cc(/C=C/c2ccc(N)cc2)c(OC)cc1/C=C/c1ccc(N)cc1. The van der Waals surface area contributed by atoms with Crippen molar-refractivity contribution < 1.29 is 9.47 Å². The van der Waals surface area contributed by atoms with Crippen LogP contribution in [0.5, 0.6) is 11.5 Å². The van der Waals surface area contributed by atoms with Crippen LogP contribution in [-0.2, 0) is 0 Å². The molecular weight excluding hydrogens is 372 g/mol. The van der Waals surface area contributed by atoms with Crippen LogP contribution in [-0.4, -0.2) is 14.2 Å². The maximum absolute atomic E-state index is 5.74. The van der Waals surface area contributed by atoms with Crippen molar-refractivity contribution in [2.24, 2.45) is 0 Å². The number of methoxy groups -OCH3 is 2. The van der Waals surface area contributed by atoms with Crippen LogP contribution in [0.3, 0.4) is 0 Å². The summed E-state index contributed by atoms with van der Waals surface area (Å²) in [6.07, 6.45) is 8.03. The number of hydrogen-bond acceptors (Lipinski definition) is 4. The Morgan fingerprint density at radius 2 is 0.900 bits per heavy atom. The first kappa shape index (κ1) is 22.6. The third-order valence-electron chi connectivity index (χ3n) is 4.37. The number of nitrogen functional groups attached to an aromatic ring is 2. The molecule has 0 heterocycles. The smallest absolute Gasteiger partial charge is 0.126 e. The molecular formula is C26H30N2O2. The van der Waals surface area contributed by atoms with Gasteiger partial charge in [-0.15, -0.1) is 0 Å². The Hall–Kier alpha value is -3.66. The van der Waals surface area contributed by atoms with Gasteiger partial charge in [-0.05, 0) is 47.5 Å². The van der Waals surface area contributed by atoms with E-state index in [4.69, 9.17) is 20.9 Å². The molecule has 4 nitrogen and oxygen atoms in total. The van der Waals surface area contributed by atoms with Gasteiger partial charge in [-0.1, -0.05) is 62.4 Å². The molecule has 0 bridgehead atoms. The number of rotatable bonds is 6. The van der Waals surface area contributed by atoms with Gasteiger partial charge in [-0.2, -0.15) is 0 Å². The number of ether oxygens (including phenoxy) is 2. The highest BCUT2D eigenvalue weighted by atomic mass is 16.5. The van der Waals surface area contributed by atoms with Gasteiger partial charge in [0.2, 0.25) is 0 Å². The summed E-state index contributed by atoms with van der Waals surface area (Å²) in [6, 6.07) is 19.3. The summed E-state index contributed by atoms with van der Waals surface area (Å²) in [5, 5.41) is 0. The first-order chi connectivity index (χ1) is 14.6. The zero-order valence-corrected chi connectivity index (χ0v) is 18.1. The maximum atomic E-state index is 5.74. The standard InChI is InChI=1S/C24H24N2O2.C2H6/c1-27-23-15-20(10-4-18-7-13-22(26)14-8-18)24(28-2)16-19(23)9-3-17-5-11-21(25)12-6-17;1-2/h3-16H,25-26H2,1-2H3;1-2H3/b9-3+,10-4+;. The quantitative estimate of drug-likeness (QED) is 0.378. The average Bonchev–Trinajstić information content (AvgIpc) is 2.79. The predicted molar refractivity (Wildman–Crippen MR) is 130 cm³/mol. The van der Waals surface area contributed by atoms with Crippen molar-refractivity contribution >= 4 is 35.7 Å². The lowest BCUT2D eigenvalue weighted by molar-refractivity contribution is 0.401. The van der Waals surface area contributed by atoms with Gasteiger partial charge < -0.3 is 20.9 Å². The van der Waals surface area contributed by atoms with E-state index in [-0.39, 0.29) is 0 Å². The van der Waals surface area contributed by atoms with Gasteiger partial charge in [0.15, 0.2) is 0 Å². The van der Waals surface area contributed by atoms with Crippen LogP contribution in [0, 0.1) is 0 Å². The highest BCUT2D eigenvalue weighted by molar-refractivity contribution is 5.79. The number of nitrogens with two attached hydrogens (primary N) is 2. The molecule has 0 radical (unpaired) electrons. The number of anilines is 2. The van der Waals surface area contributed by atoms with E-state index in [1.165, 1.54) is 0 Å². The van der Waals surface area contributed by atoms with Gasteiger partial charge in [0.05, 0.1) is 14.2 Å². The minimum Gasteiger partial charge on any atom is -0.496 e. The molecule has 3 aromatic carbocycles. The van der Waals surface area contributed by atoms with Crippen molar-refractivity contribution in [3.05, 3.63) is 82.9 Å². The predicted octanol–water partition coefficient (Wildman–Crippen LogP) is 6.24. The van der Waals surface area contributed by atoms with Crippen LogP contribution in [0.1, 0.15) is 36.1 Å². The molecule has 0 amide bonds. The van der Waals surface area contributed by atoms with Gasteiger partial charge in [0.1, 0.15) is 11.5 Å². The minimum absolute atomic E-state index is 0.744. The lowest BCUT2D eigenvalue weighted by Gasteiger charge is -2.11. The first-order valence-corrected chi connectivity index (χ1v) is 9.92. The van der Waals surface area contributed by atoms with Crippen molar-refractivity contribution in [1.82, 2.24) is 0 Å². The van der Waals surface area contributed by atoms with Crippen LogP contribution in [0.15, 0.2) is 60.7 Å². The Balaban J connectivity index is 0.00000155. The van der Waals surface area contributed by atoms with E-state index < -0.39 is 0 Å². The van der Waals surface area contributed by atoms with Crippen LogP contribution in [0.2, 0.25) is 0 Å². The summed E-state index contributed by atoms with van der Waals surface area (Å²) >= 11 is 0. The number of benzene rings is 3. The molecule has 3 aromatic rings. The zero-order valence-electron chi connectivity index (χ0n) is 18.1. The Morgan fingerprint density at radius 1 is 0.567 bits per heavy atom. The third-order valence-corrected chi connectivity index (χ3v) is 4.37. The van der Waals surface area contributed by atoms with Crippen molar-refractivity contribution in [2.45, 2.75) is 13.8 Å². The van der Waals surface area contributed by atoms with Gasteiger partial charge in [0, 0.05) is 22.5 Å². The van der Waals surface area contributed by atoms with Crippen molar-refractivity contribution in [1.29, 1.82) is 0 Å². The minimum atomic E-state index is 0.744. The highest BCUT2D eigenvalue weighted by Crippen LogP contribution is 2.31. The summed E-state index contributed by atoms with van der Waals surface area (Å²) in [6.45, 7) is 4.00. The molecule has 0 fully saturated rings. The fourth-order valence-corrected chi connectivity index (χ4v) is 2.79. The van der Waals surface area contributed by atoms with Gasteiger partial charge in [-0.3, -0.25) is 0 Å². The second kappa shape index (κ2) is 11.4. The molecule has 0 atom stereocenters. The maximum Gasteiger partial charge on any atom is 0.126 e. The van der Waals surface area contributed by atoms with Crippen LogP contribution in [0.25, 0.3) is 24.3 Å². The summed E-state index contributed by atoms with van der Waals surface area (Å²) in [4.78, 5) is 0. The van der Waals surface area contributed by atoms with E-state index in [1.807, 2.05) is 98.8 Å². The normalized spacial score (nSPS) is 10.7. The molecule has 0 saturated heterocycles. The molecule has 3 rings (SSSR count). The van der Waals surface area contributed by atoms with Crippen molar-refractivity contribution in [3.8, 4) is 11.5 Å². The summed E-state index contributed by atoms with van der Waals surface area (Å²) in [5.74, 6) is 1.54. The van der Waals surface area contributed by atoms with Gasteiger partial charge >= 0.3 is 0 Å². The Kier molecular flexibility index (Phi) is 8.57. The van der Waals surface area contributed by atoms with Gasteiger partial charge in [0.25, 0.3) is 0 Å². The Morgan fingerprint density at radius 3 is 1.20 bits per heavy atom. The lowest BCUT2D eigenvalue weighted by Crippen LogP contribution is -1.93. The number of hydrogen-bond donors (Lipinski definition) is 2. The largest absolute Gasteiger partial charge is 0.496 e. The molecule has 30 heavy (non-hydrogen) atoms. The second-order valence-corrected chi connectivity index (χ2v) is 6.34. The van der Waals surface area contributed by atoms with E-state index in [1.54, 1.807) is 14.2 Å². The molecule has 0 unspecified atom stereocenters. The molecule has 0 aliphatic carbocycles. The van der Waals surface area contributed by atoms with Crippen molar-refractivity contribution in [3.63, 3.8) is 0 Å². The summed E-state index contributed by atoms with van der Waals surface area (Å²) in [7, 11) is 3.33. The second-order valence-electron chi connectivity index (χ2n) is 6.34. The molecule has 0 spiro atoms. The molecule has 0 aliphatic rings. The van der Waals surface area contributed by atoms with Crippen LogP contribution >= 0.6 is 0 Å². The Labute approximate surface area is 179 Å². The van der Waals surface area contributed by atoms with E-state index in [0.29, 0.717) is 0 Å². The van der Waals surface area contributed by atoms with E-state index >= 15 is 0 Å². The first-order valence-electron chi connectivity index (χ1n) is 9.92. The topological polar surface area (TPSA) is 70.5 Å². The molecule has 156 valence electrons. The Bertz CT molecular complexity index is 906. The average molecular weight is 403 g/mol. The van der Waals surface area contributed by atoms with E-state index in [9.17, 15) is 0 Å². The van der Waals surface area contributed by atoms with Gasteiger partial charge in [-0.25, -0.2) is 0 Å². The zero-order chi connectivity index (χ0) is 21.9. The molecule has 0 saturated carbocycles. The monoisotopic (exact) mass is 402 g/mol. The van der Waals surface area contributed by atoms with E-state index in [2.05, 4.69) is 0 Å². The molecule has 0 aromatic heterocycles. The van der Waals surface area contributed by atoms with Crippen LogP contribution in [0.4, 0.5) is 11.4 Å². The highest BCUT2D eigenvalue weighted by Gasteiger charge is 2.08. The summed E-state index contributed by atoms with van der Waals surface area (Å²) in [5.41, 5.74) is 16.9. The molecule has 4 heteroatoms. The molecule has 4 N–H and O–H groups in total.